The third-order valence-corrected chi connectivity index (χ3v) is 5.79. The van der Waals surface area contributed by atoms with Crippen molar-refractivity contribution in [2.75, 3.05) is 11.9 Å². The molecule has 142 valence electrons. The molecule has 1 saturated heterocycles. The van der Waals surface area contributed by atoms with E-state index in [1.165, 1.54) is 16.2 Å². The fourth-order valence-electron chi connectivity index (χ4n) is 3.44. The van der Waals surface area contributed by atoms with Crippen LogP contribution >= 0.6 is 11.3 Å². The van der Waals surface area contributed by atoms with Crippen LogP contribution in [0, 0.1) is 0 Å². The molecule has 2 heterocycles. The minimum atomic E-state index is -0.733. The summed E-state index contributed by atoms with van der Waals surface area (Å²) in [7, 11) is 0. The zero-order valence-electron chi connectivity index (χ0n) is 15.6. The van der Waals surface area contributed by atoms with Crippen LogP contribution in [0.1, 0.15) is 65.0 Å². The first-order chi connectivity index (χ1) is 12.2. The first-order valence-electron chi connectivity index (χ1n) is 9.11. The summed E-state index contributed by atoms with van der Waals surface area (Å²) in [6.45, 7) is 6.28. The Morgan fingerprint density at radius 1 is 1.31 bits per heavy atom. The Hall–Kier alpha value is -1.96. The third kappa shape index (κ3) is 3.75. The van der Waals surface area contributed by atoms with Crippen molar-refractivity contribution in [2.24, 2.45) is 0 Å². The Kier molecular flexibility index (Phi) is 5.05. The lowest BCUT2D eigenvalue weighted by molar-refractivity contribution is -0.132. The lowest BCUT2D eigenvalue weighted by Crippen LogP contribution is -2.48. The van der Waals surface area contributed by atoms with Gasteiger partial charge >= 0.3 is 6.03 Å². The standard InChI is InChI=1S/C18H26N4O3S/c1-17(2,3)12-11-26-15(19-12)20-13(23)7-10-22-14(24)18(21-16(22)25)8-5-4-6-9-18/h11H,4-10H2,1-3H3,(H,21,25)(H,19,20,23). The number of nitrogens with zero attached hydrogens (tertiary/aromatic N) is 2. The van der Waals surface area contributed by atoms with Gasteiger partial charge in [-0.2, -0.15) is 0 Å². The number of anilines is 1. The topological polar surface area (TPSA) is 91.4 Å². The fourth-order valence-corrected chi connectivity index (χ4v) is 4.40. The third-order valence-electron chi connectivity index (χ3n) is 5.03. The Labute approximate surface area is 157 Å². The van der Waals surface area contributed by atoms with Crippen molar-refractivity contribution in [3.63, 3.8) is 0 Å². The van der Waals surface area contributed by atoms with E-state index in [1.54, 1.807) is 0 Å². The summed E-state index contributed by atoms with van der Waals surface area (Å²) in [6.07, 6.45) is 4.43. The smallest absolute Gasteiger partial charge is 0.323 e. The number of nitrogens with one attached hydrogen (secondary N) is 2. The maximum absolute atomic E-state index is 12.7. The summed E-state index contributed by atoms with van der Waals surface area (Å²) in [5.41, 5.74) is 0.113. The van der Waals surface area contributed by atoms with Crippen LogP contribution in [-0.2, 0) is 15.0 Å². The van der Waals surface area contributed by atoms with Crippen molar-refractivity contribution < 1.29 is 14.4 Å². The summed E-state index contributed by atoms with van der Waals surface area (Å²) in [4.78, 5) is 42.7. The Morgan fingerprint density at radius 2 is 2.00 bits per heavy atom. The highest BCUT2D eigenvalue weighted by Crippen LogP contribution is 2.33. The van der Waals surface area contributed by atoms with Crippen molar-refractivity contribution in [1.82, 2.24) is 15.2 Å². The largest absolute Gasteiger partial charge is 0.325 e. The van der Waals surface area contributed by atoms with Gasteiger partial charge in [-0.1, -0.05) is 40.0 Å². The van der Waals surface area contributed by atoms with Gasteiger partial charge in [-0.15, -0.1) is 11.3 Å². The number of aromatic nitrogens is 1. The molecule has 4 amide bonds. The number of imide groups is 1. The van der Waals surface area contributed by atoms with Gasteiger partial charge in [0.1, 0.15) is 5.54 Å². The maximum Gasteiger partial charge on any atom is 0.325 e. The average Bonchev–Trinajstić information content (AvgIpc) is 3.11. The number of amides is 4. The van der Waals surface area contributed by atoms with Gasteiger partial charge in [0.2, 0.25) is 5.91 Å². The molecular weight excluding hydrogens is 352 g/mol. The molecule has 26 heavy (non-hydrogen) atoms. The van der Waals surface area contributed by atoms with Crippen LogP contribution in [0.15, 0.2) is 5.38 Å². The molecule has 0 bridgehead atoms. The lowest BCUT2D eigenvalue weighted by atomic mass is 9.82. The number of carbonyl (C=O) groups is 3. The molecule has 0 aromatic carbocycles. The van der Waals surface area contributed by atoms with Crippen LogP contribution < -0.4 is 10.6 Å². The van der Waals surface area contributed by atoms with Gasteiger partial charge in [0.15, 0.2) is 5.13 Å². The minimum Gasteiger partial charge on any atom is -0.323 e. The van der Waals surface area contributed by atoms with Crippen molar-refractivity contribution in [2.45, 2.75) is 70.3 Å². The van der Waals surface area contributed by atoms with Crippen LogP contribution in [0.2, 0.25) is 0 Å². The van der Waals surface area contributed by atoms with Gasteiger partial charge in [-0.25, -0.2) is 9.78 Å². The van der Waals surface area contributed by atoms with Gasteiger partial charge < -0.3 is 10.6 Å². The molecule has 8 heteroatoms. The van der Waals surface area contributed by atoms with Crippen LogP contribution in [-0.4, -0.2) is 39.8 Å². The molecule has 1 aliphatic carbocycles. The first kappa shape index (κ1) is 18.8. The van der Waals surface area contributed by atoms with Gasteiger partial charge in [0, 0.05) is 23.8 Å². The molecule has 1 saturated carbocycles. The summed E-state index contributed by atoms with van der Waals surface area (Å²) < 4.78 is 0. The highest BCUT2D eigenvalue weighted by atomic mass is 32.1. The summed E-state index contributed by atoms with van der Waals surface area (Å²) in [6, 6.07) is -0.381. The van der Waals surface area contributed by atoms with E-state index in [0.717, 1.165) is 25.0 Å². The summed E-state index contributed by atoms with van der Waals surface area (Å²) in [5, 5.41) is 8.09. The van der Waals surface area contributed by atoms with Gasteiger partial charge in [0.25, 0.3) is 5.91 Å². The molecule has 0 atom stereocenters. The van der Waals surface area contributed by atoms with Crippen molar-refractivity contribution in [3.8, 4) is 0 Å². The second-order valence-electron chi connectivity index (χ2n) is 8.12. The van der Waals surface area contributed by atoms with Crippen molar-refractivity contribution in [1.29, 1.82) is 0 Å². The monoisotopic (exact) mass is 378 g/mol. The predicted molar refractivity (Wildman–Crippen MR) is 100 cm³/mol. The maximum atomic E-state index is 12.7. The van der Waals surface area contributed by atoms with Crippen molar-refractivity contribution in [3.05, 3.63) is 11.1 Å². The Morgan fingerprint density at radius 3 is 2.62 bits per heavy atom. The number of thiazole rings is 1. The zero-order chi connectivity index (χ0) is 18.9. The molecule has 2 aliphatic rings. The van der Waals surface area contributed by atoms with Crippen LogP contribution in [0.5, 0.6) is 0 Å². The van der Waals surface area contributed by atoms with Gasteiger partial charge in [-0.05, 0) is 12.8 Å². The van der Waals surface area contributed by atoms with Crippen LogP contribution in [0.25, 0.3) is 0 Å². The Bertz CT molecular complexity index is 716. The second-order valence-corrected chi connectivity index (χ2v) is 8.97. The van der Waals surface area contributed by atoms with Crippen molar-refractivity contribution >= 4 is 34.3 Å². The van der Waals surface area contributed by atoms with Gasteiger partial charge in [-0.3, -0.25) is 14.5 Å². The quantitative estimate of drug-likeness (QED) is 0.788. The molecule has 2 N–H and O–H groups in total. The van der Waals surface area contributed by atoms with E-state index in [4.69, 9.17) is 0 Å². The van der Waals surface area contributed by atoms with E-state index < -0.39 is 5.54 Å². The predicted octanol–water partition coefficient (Wildman–Crippen LogP) is 3.02. The number of urea groups is 1. The Balaban J connectivity index is 1.55. The normalized spacial score (nSPS) is 19.7. The van der Waals surface area contributed by atoms with E-state index >= 15 is 0 Å². The van der Waals surface area contributed by atoms with E-state index in [9.17, 15) is 14.4 Å². The molecule has 7 nitrogen and oxygen atoms in total. The van der Waals surface area contributed by atoms with E-state index in [-0.39, 0.29) is 36.2 Å². The van der Waals surface area contributed by atoms with Crippen LogP contribution in [0.3, 0.4) is 0 Å². The molecule has 1 aromatic heterocycles. The molecule has 3 rings (SSSR count). The molecule has 0 radical (unpaired) electrons. The van der Waals surface area contributed by atoms with E-state index in [0.29, 0.717) is 18.0 Å². The molecule has 1 aliphatic heterocycles. The molecule has 0 unspecified atom stereocenters. The summed E-state index contributed by atoms with van der Waals surface area (Å²) >= 11 is 1.38. The lowest BCUT2D eigenvalue weighted by Gasteiger charge is -2.30. The number of hydrogen-bond donors (Lipinski definition) is 2. The average molecular weight is 378 g/mol. The summed E-state index contributed by atoms with van der Waals surface area (Å²) in [5.74, 6) is -0.427. The van der Waals surface area contributed by atoms with E-state index in [1.807, 2.05) is 5.38 Å². The highest BCUT2D eigenvalue weighted by molar-refractivity contribution is 7.13. The first-order valence-corrected chi connectivity index (χ1v) is 9.99. The van der Waals surface area contributed by atoms with E-state index in [2.05, 4.69) is 36.4 Å². The van der Waals surface area contributed by atoms with Gasteiger partial charge in [0.05, 0.1) is 5.69 Å². The SMILES string of the molecule is CC(C)(C)c1csc(NC(=O)CCN2C(=O)NC3(CCCCC3)C2=O)n1. The van der Waals surface area contributed by atoms with Crippen LogP contribution in [0.4, 0.5) is 9.93 Å². The highest BCUT2D eigenvalue weighted by Gasteiger charge is 2.51. The second kappa shape index (κ2) is 6.98. The molecule has 1 aromatic rings. The molecular formula is C18H26N4O3S. The number of carbonyl (C=O) groups excluding carboxylic acids is 3. The fraction of sp³-hybridized carbons (Fsp3) is 0.667. The minimum absolute atomic E-state index is 0.0691. The number of rotatable bonds is 4. The molecule has 2 fully saturated rings. The molecule has 1 spiro atoms. The zero-order valence-corrected chi connectivity index (χ0v) is 16.4. The number of hydrogen-bond acceptors (Lipinski definition) is 5.